The van der Waals surface area contributed by atoms with Crippen LogP contribution >= 0.6 is 0 Å². The van der Waals surface area contributed by atoms with Crippen molar-refractivity contribution in [3.63, 3.8) is 0 Å². The summed E-state index contributed by atoms with van der Waals surface area (Å²) in [6.45, 7) is 8.00. The SMILES string of the molecule is CC(C)(O)c1cc2c(cc1N)C(C)(C)c1ccccc1-2. The number of nitrogens with two attached hydrogens (primary N) is 1. The second-order valence-corrected chi connectivity index (χ2v) is 6.71. The van der Waals surface area contributed by atoms with Crippen LogP contribution in [0.3, 0.4) is 0 Å². The van der Waals surface area contributed by atoms with Gasteiger partial charge in [0, 0.05) is 16.7 Å². The Bertz CT molecular complexity index is 693. The molecule has 0 saturated carbocycles. The topological polar surface area (TPSA) is 46.2 Å². The first-order chi connectivity index (χ1) is 9.23. The van der Waals surface area contributed by atoms with Crippen LogP contribution in [0.1, 0.15) is 44.4 Å². The smallest absolute Gasteiger partial charge is 0.0860 e. The molecule has 3 rings (SSSR count). The number of benzene rings is 2. The lowest BCUT2D eigenvalue weighted by Crippen LogP contribution is -2.20. The minimum Gasteiger partial charge on any atom is -0.398 e. The first-order valence-electron chi connectivity index (χ1n) is 6.99. The van der Waals surface area contributed by atoms with Crippen LogP contribution < -0.4 is 5.73 Å². The van der Waals surface area contributed by atoms with E-state index < -0.39 is 5.60 Å². The van der Waals surface area contributed by atoms with Gasteiger partial charge in [-0.1, -0.05) is 38.1 Å². The fraction of sp³-hybridized carbons (Fsp3) is 0.333. The Morgan fingerprint density at radius 3 is 2.30 bits per heavy atom. The second kappa shape index (κ2) is 3.86. The molecule has 0 aliphatic heterocycles. The highest BCUT2D eigenvalue weighted by Gasteiger charge is 2.36. The quantitative estimate of drug-likeness (QED) is 0.772. The molecule has 0 atom stereocenters. The molecule has 0 spiro atoms. The summed E-state index contributed by atoms with van der Waals surface area (Å²) in [6.07, 6.45) is 0. The molecule has 0 saturated heterocycles. The zero-order valence-electron chi connectivity index (χ0n) is 12.5. The van der Waals surface area contributed by atoms with Gasteiger partial charge in [-0.2, -0.15) is 0 Å². The van der Waals surface area contributed by atoms with Gasteiger partial charge in [-0.05, 0) is 48.2 Å². The standard InChI is InChI=1S/C18H21NO/c1-17(2)13-8-6-5-7-11(13)12-9-15(18(3,4)20)16(19)10-14(12)17/h5-10,20H,19H2,1-4H3. The van der Waals surface area contributed by atoms with Gasteiger partial charge < -0.3 is 10.8 Å². The molecule has 0 radical (unpaired) electrons. The number of rotatable bonds is 1. The average molecular weight is 267 g/mol. The molecule has 20 heavy (non-hydrogen) atoms. The van der Waals surface area contributed by atoms with E-state index in [2.05, 4.69) is 44.2 Å². The maximum absolute atomic E-state index is 10.3. The van der Waals surface area contributed by atoms with E-state index in [-0.39, 0.29) is 5.41 Å². The third kappa shape index (κ3) is 1.68. The largest absolute Gasteiger partial charge is 0.398 e. The molecule has 0 amide bonds. The fourth-order valence-electron chi connectivity index (χ4n) is 3.29. The summed E-state index contributed by atoms with van der Waals surface area (Å²) >= 11 is 0. The lowest BCUT2D eigenvalue weighted by Gasteiger charge is -2.25. The van der Waals surface area contributed by atoms with E-state index in [9.17, 15) is 5.11 Å². The van der Waals surface area contributed by atoms with Crippen molar-refractivity contribution < 1.29 is 5.11 Å². The van der Waals surface area contributed by atoms with Gasteiger partial charge in [0.05, 0.1) is 5.60 Å². The Morgan fingerprint density at radius 1 is 1.00 bits per heavy atom. The van der Waals surface area contributed by atoms with E-state index in [0.717, 1.165) is 5.56 Å². The van der Waals surface area contributed by atoms with Crippen LogP contribution in [0.4, 0.5) is 5.69 Å². The van der Waals surface area contributed by atoms with Gasteiger partial charge in [-0.15, -0.1) is 0 Å². The van der Waals surface area contributed by atoms with Gasteiger partial charge in [0.25, 0.3) is 0 Å². The Kier molecular flexibility index (Phi) is 2.55. The summed E-state index contributed by atoms with van der Waals surface area (Å²) in [5.41, 5.74) is 11.7. The van der Waals surface area contributed by atoms with Crippen molar-refractivity contribution >= 4 is 5.69 Å². The number of aliphatic hydroxyl groups is 1. The van der Waals surface area contributed by atoms with Crippen LogP contribution in [0.5, 0.6) is 0 Å². The van der Waals surface area contributed by atoms with Crippen LogP contribution in [0, 0.1) is 0 Å². The summed E-state index contributed by atoms with van der Waals surface area (Å²) in [5.74, 6) is 0. The second-order valence-electron chi connectivity index (χ2n) is 6.71. The van der Waals surface area contributed by atoms with Gasteiger partial charge >= 0.3 is 0 Å². The molecule has 0 heterocycles. The third-order valence-electron chi connectivity index (χ3n) is 4.41. The number of hydrogen-bond donors (Lipinski definition) is 2. The fourth-order valence-corrected chi connectivity index (χ4v) is 3.29. The maximum Gasteiger partial charge on any atom is 0.0860 e. The monoisotopic (exact) mass is 267 g/mol. The van der Waals surface area contributed by atoms with Crippen molar-refractivity contribution in [2.24, 2.45) is 0 Å². The summed E-state index contributed by atoms with van der Waals surface area (Å²) in [7, 11) is 0. The van der Waals surface area contributed by atoms with E-state index in [1.165, 1.54) is 22.3 Å². The molecule has 2 aromatic carbocycles. The molecule has 0 unspecified atom stereocenters. The van der Waals surface area contributed by atoms with Crippen molar-refractivity contribution in [2.75, 3.05) is 5.73 Å². The van der Waals surface area contributed by atoms with Gasteiger partial charge in [0.1, 0.15) is 0 Å². The van der Waals surface area contributed by atoms with E-state index >= 15 is 0 Å². The summed E-state index contributed by atoms with van der Waals surface area (Å²) in [5, 5.41) is 10.3. The number of fused-ring (bicyclic) bond motifs is 3. The molecule has 2 heteroatoms. The highest BCUT2D eigenvalue weighted by atomic mass is 16.3. The van der Waals surface area contributed by atoms with Crippen molar-refractivity contribution in [1.82, 2.24) is 0 Å². The Morgan fingerprint density at radius 2 is 1.65 bits per heavy atom. The van der Waals surface area contributed by atoms with Gasteiger partial charge in [-0.25, -0.2) is 0 Å². The number of hydrogen-bond acceptors (Lipinski definition) is 2. The van der Waals surface area contributed by atoms with Gasteiger partial charge in [0.2, 0.25) is 0 Å². The van der Waals surface area contributed by atoms with Gasteiger partial charge in [-0.3, -0.25) is 0 Å². The Hall–Kier alpha value is -1.80. The number of anilines is 1. The van der Waals surface area contributed by atoms with Crippen LogP contribution in [0.2, 0.25) is 0 Å². The molecule has 1 aliphatic rings. The maximum atomic E-state index is 10.3. The molecular formula is C18H21NO. The third-order valence-corrected chi connectivity index (χ3v) is 4.41. The van der Waals surface area contributed by atoms with E-state index in [4.69, 9.17) is 5.73 Å². The van der Waals surface area contributed by atoms with E-state index in [1.54, 1.807) is 13.8 Å². The minimum absolute atomic E-state index is 0.0435. The van der Waals surface area contributed by atoms with Crippen molar-refractivity contribution in [3.05, 3.63) is 53.1 Å². The Labute approximate surface area is 120 Å². The van der Waals surface area contributed by atoms with Crippen molar-refractivity contribution in [2.45, 2.75) is 38.7 Å². The molecule has 0 aromatic heterocycles. The first kappa shape index (κ1) is 13.2. The molecule has 1 aliphatic carbocycles. The van der Waals surface area contributed by atoms with E-state index in [0.29, 0.717) is 5.69 Å². The predicted molar refractivity (Wildman–Crippen MR) is 83.7 cm³/mol. The summed E-state index contributed by atoms with van der Waals surface area (Å²) in [6, 6.07) is 12.5. The normalized spacial score (nSPS) is 15.8. The molecule has 104 valence electrons. The predicted octanol–water partition coefficient (Wildman–Crippen LogP) is 3.80. The Balaban J connectivity index is 2.35. The number of nitrogen functional groups attached to an aromatic ring is 1. The van der Waals surface area contributed by atoms with Crippen molar-refractivity contribution in [1.29, 1.82) is 0 Å². The van der Waals surface area contributed by atoms with Crippen LogP contribution in [-0.2, 0) is 11.0 Å². The van der Waals surface area contributed by atoms with Gasteiger partial charge in [0.15, 0.2) is 0 Å². The summed E-state index contributed by atoms with van der Waals surface area (Å²) < 4.78 is 0. The molecular weight excluding hydrogens is 246 g/mol. The zero-order chi connectivity index (χ0) is 14.7. The van der Waals surface area contributed by atoms with E-state index in [1.807, 2.05) is 6.07 Å². The first-order valence-corrected chi connectivity index (χ1v) is 6.99. The van der Waals surface area contributed by atoms with Crippen LogP contribution in [0.15, 0.2) is 36.4 Å². The van der Waals surface area contributed by atoms with Crippen molar-refractivity contribution in [3.8, 4) is 11.1 Å². The minimum atomic E-state index is -0.930. The molecule has 3 N–H and O–H groups in total. The lowest BCUT2D eigenvalue weighted by molar-refractivity contribution is 0.0794. The zero-order valence-corrected chi connectivity index (χ0v) is 12.5. The molecule has 2 aromatic rings. The van der Waals surface area contributed by atoms with Crippen LogP contribution in [0.25, 0.3) is 11.1 Å². The highest BCUT2D eigenvalue weighted by molar-refractivity contribution is 5.83. The molecule has 0 fully saturated rings. The summed E-state index contributed by atoms with van der Waals surface area (Å²) in [4.78, 5) is 0. The molecule has 2 nitrogen and oxygen atoms in total. The lowest BCUT2D eigenvalue weighted by atomic mass is 9.81. The molecule has 0 bridgehead atoms. The van der Waals surface area contributed by atoms with Crippen LogP contribution in [-0.4, -0.2) is 5.11 Å². The highest BCUT2D eigenvalue weighted by Crippen LogP contribution is 2.50. The average Bonchev–Trinajstić information content (AvgIpc) is 2.57.